The van der Waals surface area contributed by atoms with Crippen LogP contribution in [-0.4, -0.2) is 17.0 Å². The third kappa shape index (κ3) is 4.63. The number of aliphatic carboxylic acids is 1. The number of carbonyl (C=O) groups excluding carboxylic acids is 1. The van der Waals surface area contributed by atoms with Gasteiger partial charge in [0.2, 0.25) is 5.91 Å². The van der Waals surface area contributed by atoms with Gasteiger partial charge in [0.25, 0.3) is 0 Å². The highest BCUT2D eigenvalue weighted by atomic mass is 16.5. The van der Waals surface area contributed by atoms with Crippen molar-refractivity contribution >= 4 is 11.9 Å². The van der Waals surface area contributed by atoms with Crippen molar-refractivity contribution in [3.63, 3.8) is 0 Å². The Balaban J connectivity index is 2.20. The standard InChI is InChI=1S/C17H17NO4/c1-12(19)18-16(11-17(20)21)13-6-5-9-15(10-13)22-14-7-3-2-4-8-14/h2-10,16H,11H2,1H3,(H,18,19)(H,20,21)/t16-/m0/s1. The molecule has 22 heavy (non-hydrogen) atoms. The molecule has 0 unspecified atom stereocenters. The average molecular weight is 299 g/mol. The molecule has 0 bridgehead atoms. The van der Waals surface area contributed by atoms with Gasteiger partial charge in [0.1, 0.15) is 11.5 Å². The highest BCUT2D eigenvalue weighted by Gasteiger charge is 2.17. The van der Waals surface area contributed by atoms with Crippen LogP contribution in [-0.2, 0) is 9.59 Å². The van der Waals surface area contributed by atoms with Crippen LogP contribution in [0.4, 0.5) is 0 Å². The minimum Gasteiger partial charge on any atom is -0.481 e. The molecule has 2 N–H and O–H groups in total. The van der Waals surface area contributed by atoms with Crippen LogP contribution in [0, 0.1) is 0 Å². The molecule has 0 fully saturated rings. The number of para-hydroxylation sites is 1. The maximum absolute atomic E-state index is 11.2. The molecule has 1 amide bonds. The lowest BCUT2D eigenvalue weighted by molar-refractivity contribution is -0.137. The van der Waals surface area contributed by atoms with Gasteiger partial charge in [0.05, 0.1) is 12.5 Å². The summed E-state index contributed by atoms with van der Waals surface area (Å²) < 4.78 is 5.72. The third-order valence-electron chi connectivity index (χ3n) is 3.00. The Kier molecular flexibility index (Phi) is 5.14. The Bertz CT molecular complexity index is 639. The van der Waals surface area contributed by atoms with Crippen LogP contribution in [0.5, 0.6) is 11.5 Å². The normalized spacial score (nSPS) is 11.5. The monoisotopic (exact) mass is 299 g/mol. The molecule has 1 atom stereocenters. The molecule has 2 aromatic rings. The summed E-state index contributed by atoms with van der Waals surface area (Å²) in [5.74, 6) is 0.0205. The Morgan fingerprint density at radius 3 is 2.41 bits per heavy atom. The van der Waals surface area contributed by atoms with Gasteiger partial charge in [-0.25, -0.2) is 0 Å². The summed E-state index contributed by atoms with van der Waals surface area (Å²) in [6.07, 6.45) is -0.186. The fourth-order valence-electron chi connectivity index (χ4n) is 2.09. The second-order valence-electron chi connectivity index (χ2n) is 4.84. The van der Waals surface area contributed by atoms with E-state index in [0.29, 0.717) is 17.1 Å². The molecule has 0 heterocycles. The summed E-state index contributed by atoms with van der Waals surface area (Å²) in [6.45, 7) is 1.36. The molecule has 2 aromatic carbocycles. The number of nitrogens with one attached hydrogen (secondary N) is 1. The van der Waals surface area contributed by atoms with Crippen molar-refractivity contribution in [3.8, 4) is 11.5 Å². The Labute approximate surface area is 128 Å². The summed E-state index contributed by atoms with van der Waals surface area (Å²) in [7, 11) is 0. The lowest BCUT2D eigenvalue weighted by atomic mass is 10.0. The van der Waals surface area contributed by atoms with E-state index in [1.807, 2.05) is 30.3 Å². The van der Waals surface area contributed by atoms with E-state index in [2.05, 4.69) is 5.32 Å². The minimum atomic E-state index is -0.979. The van der Waals surface area contributed by atoms with Crippen molar-refractivity contribution in [2.75, 3.05) is 0 Å². The third-order valence-corrected chi connectivity index (χ3v) is 3.00. The Hall–Kier alpha value is -2.82. The number of carbonyl (C=O) groups is 2. The molecule has 0 saturated heterocycles. The molecule has 0 aliphatic rings. The van der Waals surface area contributed by atoms with Gasteiger partial charge in [0.15, 0.2) is 0 Å². The highest BCUT2D eigenvalue weighted by molar-refractivity contribution is 5.75. The maximum Gasteiger partial charge on any atom is 0.305 e. The van der Waals surface area contributed by atoms with Crippen molar-refractivity contribution in [1.29, 1.82) is 0 Å². The lowest BCUT2D eigenvalue weighted by Gasteiger charge is -2.17. The molecule has 5 heteroatoms. The molecule has 114 valence electrons. The highest BCUT2D eigenvalue weighted by Crippen LogP contribution is 2.25. The molecule has 2 rings (SSSR count). The van der Waals surface area contributed by atoms with Gasteiger partial charge in [-0.2, -0.15) is 0 Å². The number of carboxylic acid groups (broad SMARTS) is 1. The predicted molar refractivity (Wildman–Crippen MR) is 81.8 cm³/mol. The fraction of sp³-hybridized carbons (Fsp3) is 0.176. The summed E-state index contributed by atoms with van der Waals surface area (Å²) >= 11 is 0. The minimum absolute atomic E-state index is 0.186. The molecule has 5 nitrogen and oxygen atoms in total. The zero-order valence-electron chi connectivity index (χ0n) is 12.2. The van der Waals surface area contributed by atoms with Crippen LogP contribution in [0.25, 0.3) is 0 Å². The summed E-state index contributed by atoms with van der Waals surface area (Å²) in [5.41, 5.74) is 0.686. The second-order valence-corrected chi connectivity index (χ2v) is 4.84. The van der Waals surface area contributed by atoms with Gasteiger partial charge >= 0.3 is 5.97 Å². The first-order valence-electron chi connectivity index (χ1n) is 6.86. The van der Waals surface area contributed by atoms with Crippen LogP contribution < -0.4 is 10.1 Å². The quantitative estimate of drug-likeness (QED) is 0.859. The molecular formula is C17H17NO4. The van der Waals surface area contributed by atoms with Crippen molar-refractivity contribution in [2.45, 2.75) is 19.4 Å². The largest absolute Gasteiger partial charge is 0.481 e. The van der Waals surface area contributed by atoms with Crippen LogP contribution in [0.15, 0.2) is 54.6 Å². The Morgan fingerprint density at radius 1 is 1.09 bits per heavy atom. The number of hydrogen-bond donors (Lipinski definition) is 2. The van der Waals surface area contributed by atoms with E-state index in [4.69, 9.17) is 9.84 Å². The molecule has 0 radical (unpaired) electrons. The Morgan fingerprint density at radius 2 is 1.77 bits per heavy atom. The smallest absolute Gasteiger partial charge is 0.305 e. The van der Waals surface area contributed by atoms with Crippen molar-refractivity contribution in [2.24, 2.45) is 0 Å². The number of benzene rings is 2. The average Bonchev–Trinajstić information content (AvgIpc) is 2.47. The van der Waals surface area contributed by atoms with E-state index >= 15 is 0 Å². The van der Waals surface area contributed by atoms with E-state index in [0.717, 1.165) is 0 Å². The van der Waals surface area contributed by atoms with Crippen LogP contribution >= 0.6 is 0 Å². The fourth-order valence-corrected chi connectivity index (χ4v) is 2.09. The number of ether oxygens (including phenoxy) is 1. The van der Waals surface area contributed by atoms with E-state index in [-0.39, 0.29) is 12.3 Å². The van der Waals surface area contributed by atoms with Crippen LogP contribution in [0.3, 0.4) is 0 Å². The zero-order valence-corrected chi connectivity index (χ0v) is 12.2. The van der Waals surface area contributed by atoms with Gasteiger partial charge < -0.3 is 15.2 Å². The van der Waals surface area contributed by atoms with Gasteiger partial charge in [-0.1, -0.05) is 30.3 Å². The van der Waals surface area contributed by atoms with E-state index < -0.39 is 12.0 Å². The van der Waals surface area contributed by atoms with E-state index in [9.17, 15) is 9.59 Å². The number of hydrogen-bond acceptors (Lipinski definition) is 3. The molecule has 0 spiro atoms. The summed E-state index contributed by atoms with van der Waals surface area (Å²) in [4.78, 5) is 22.2. The van der Waals surface area contributed by atoms with Gasteiger partial charge in [0, 0.05) is 6.92 Å². The lowest BCUT2D eigenvalue weighted by Crippen LogP contribution is -2.27. The first-order valence-corrected chi connectivity index (χ1v) is 6.86. The van der Waals surface area contributed by atoms with Crippen molar-refractivity contribution in [3.05, 3.63) is 60.2 Å². The molecule has 0 saturated carbocycles. The molecule has 0 aromatic heterocycles. The van der Waals surface area contributed by atoms with Crippen molar-refractivity contribution in [1.82, 2.24) is 5.32 Å². The van der Waals surface area contributed by atoms with Gasteiger partial charge in [-0.05, 0) is 29.8 Å². The topological polar surface area (TPSA) is 75.6 Å². The van der Waals surface area contributed by atoms with Gasteiger partial charge in [-0.15, -0.1) is 0 Å². The summed E-state index contributed by atoms with van der Waals surface area (Å²) in [6, 6.07) is 15.7. The maximum atomic E-state index is 11.2. The number of carboxylic acids is 1. The molecule has 0 aliphatic heterocycles. The predicted octanol–water partition coefficient (Wildman–Crippen LogP) is 3.13. The summed E-state index contributed by atoms with van der Waals surface area (Å²) in [5, 5.41) is 11.6. The van der Waals surface area contributed by atoms with E-state index in [1.54, 1.807) is 24.3 Å². The van der Waals surface area contributed by atoms with Crippen LogP contribution in [0.1, 0.15) is 24.9 Å². The molecule has 0 aliphatic carbocycles. The first kappa shape index (κ1) is 15.6. The van der Waals surface area contributed by atoms with Gasteiger partial charge in [-0.3, -0.25) is 9.59 Å². The zero-order chi connectivity index (χ0) is 15.9. The van der Waals surface area contributed by atoms with Crippen LogP contribution in [0.2, 0.25) is 0 Å². The van der Waals surface area contributed by atoms with Crippen molar-refractivity contribution < 1.29 is 19.4 Å². The molecular weight excluding hydrogens is 282 g/mol. The SMILES string of the molecule is CC(=O)N[C@@H](CC(=O)O)c1cccc(Oc2ccccc2)c1. The van der Waals surface area contributed by atoms with E-state index in [1.165, 1.54) is 6.92 Å². The number of amides is 1. The second kappa shape index (κ2) is 7.26. The number of rotatable bonds is 6. The first-order chi connectivity index (χ1) is 10.5.